The molecule has 1 aliphatic carbocycles. The molecule has 1 aliphatic rings. The molecule has 0 aromatic carbocycles. The summed E-state index contributed by atoms with van der Waals surface area (Å²) >= 11 is 1.56. The number of aryl methyl sites for hydroxylation is 1. The molecule has 132 valence electrons. The van der Waals surface area contributed by atoms with E-state index in [1.54, 1.807) is 11.3 Å². The molecule has 2 rings (SSSR count). The van der Waals surface area contributed by atoms with Crippen LogP contribution < -0.4 is 10.3 Å². The Balaban J connectivity index is 2.30. The Morgan fingerprint density at radius 3 is 2.71 bits per heavy atom. The molecule has 0 aliphatic heterocycles. The molecule has 1 aromatic rings. The van der Waals surface area contributed by atoms with Gasteiger partial charge in [-0.1, -0.05) is 29.6 Å². The summed E-state index contributed by atoms with van der Waals surface area (Å²) in [4.78, 5) is 0. The smallest absolute Gasteiger partial charge is 0.284 e. The van der Waals surface area contributed by atoms with Crippen molar-refractivity contribution < 1.29 is 19.9 Å². The average molecular weight is 351 g/mol. The van der Waals surface area contributed by atoms with Crippen LogP contribution in [0.1, 0.15) is 30.0 Å². The summed E-state index contributed by atoms with van der Waals surface area (Å²) in [5, 5.41) is 30.8. The van der Waals surface area contributed by atoms with Gasteiger partial charge in [-0.25, -0.2) is 0 Å². The molecule has 0 amide bonds. The van der Waals surface area contributed by atoms with Crippen molar-refractivity contribution in [3.63, 3.8) is 0 Å². The van der Waals surface area contributed by atoms with E-state index in [0.29, 0.717) is 25.1 Å². The molecule has 0 saturated heterocycles. The summed E-state index contributed by atoms with van der Waals surface area (Å²) in [6, 6.07) is 0. The molecule has 1 unspecified atom stereocenters. The van der Waals surface area contributed by atoms with E-state index >= 15 is 0 Å². The van der Waals surface area contributed by atoms with Crippen LogP contribution in [0.3, 0.4) is 0 Å². The van der Waals surface area contributed by atoms with Crippen molar-refractivity contribution in [2.24, 2.45) is 11.1 Å². The fourth-order valence-electron chi connectivity index (χ4n) is 3.02. The van der Waals surface area contributed by atoms with E-state index in [4.69, 9.17) is 10.8 Å². The van der Waals surface area contributed by atoms with Gasteiger partial charge < -0.3 is 21.1 Å². The Kier molecular flexibility index (Phi) is 6.74. The molecule has 1 aromatic heterocycles. The summed E-state index contributed by atoms with van der Waals surface area (Å²) in [5.41, 5.74) is 8.91. The number of nitrogens with two attached hydrogens (primary N) is 1. The first kappa shape index (κ1) is 18.9. The maximum Gasteiger partial charge on any atom is 0.284 e. The first-order valence-corrected chi connectivity index (χ1v) is 9.10. The molecule has 1 heterocycles. The van der Waals surface area contributed by atoms with Crippen LogP contribution in [0.15, 0.2) is 35.3 Å². The third-order valence-corrected chi connectivity index (χ3v) is 5.52. The number of aliphatic hydroxyl groups excluding tert-OH is 3. The Morgan fingerprint density at radius 2 is 2.12 bits per heavy atom. The number of nitrogens with zero attached hydrogens (tertiary/aromatic N) is 1. The average Bonchev–Trinajstić information content (AvgIpc) is 2.92. The zero-order valence-corrected chi connectivity index (χ0v) is 14.9. The normalized spacial score (nSPS) is 21.2. The molecule has 5 N–H and O–H groups in total. The zero-order chi connectivity index (χ0) is 17.6. The standard InChI is InChI=1S/C18H27N2O3S/c1-14-13-24-17(20(14)8-11-23)16(19)12-18(7-10-22)5-2-15(3-6-18)4-9-21/h2-3,5,12-13,21-23H,4,6-11,19H2,1H3/q+1. The maximum absolute atomic E-state index is 9.48. The topological polar surface area (TPSA) is 90.6 Å². The van der Waals surface area contributed by atoms with Gasteiger partial charge in [-0.05, 0) is 30.9 Å². The number of hydrogen-bond acceptors (Lipinski definition) is 5. The van der Waals surface area contributed by atoms with Gasteiger partial charge in [0.25, 0.3) is 5.01 Å². The van der Waals surface area contributed by atoms with Crippen LogP contribution in [0.5, 0.6) is 0 Å². The zero-order valence-electron chi connectivity index (χ0n) is 14.1. The highest BCUT2D eigenvalue weighted by Crippen LogP contribution is 2.37. The Bertz CT molecular complexity index is 649. The van der Waals surface area contributed by atoms with Crippen LogP contribution in [0, 0.1) is 12.3 Å². The predicted octanol–water partition coefficient (Wildman–Crippen LogP) is 1.27. The molecule has 6 heteroatoms. The number of thiazole rings is 1. The Morgan fingerprint density at radius 1 is 1.33 bits per heavy atom. The van der Waals surface area contributed by atoms with Crippen molar-refractivity contribution in [3.05, 3.63) is 46.0 Å². The number of aliphatic hydroxyl groups is 3. The van der Waals surface area contributed by atoms with Crippen LogP contribution in [0.4, 0.5) is 0 Å². The Labute approximate surface area is 147 Å². The summed E-state index contributed by atoms with van der Waals surface area (Å²) in [6.07, 6.45) is 10.2. The van der Waals surface area contributed by atoms with Crippen molar-refractivity contribution in [3.8, 4) is 0 Å². The van der Waals surface area contributed by atoms with Crippen LogP contribution >= 0.6 is 11.3 Å². The van der Waals surface area contributed by atoms with Gasteiger partial charge in [-0.15, -0.1) is 0 Å². The summed E-state index contributed by atoms with van der Waals surface area (Å²) in [6.45, 7) is 2.80. The second kappa shape index (κ2) is 8.58. The fraction of sp³-hybridized carbons (Fsp3) is 0.500. The van der Waals surface area contributed by atoms with Crippen molar-refractivity contribution in [2.45, 2.75) is 32.7 Å². The first-order valence-electron chi connectivity index (χ1n) is 8.22. The molecule has 0 bridgehead atoms. The highest BCUT2D eigenvalue weighted by Gasteiger charge is 2.28. The van der Waals surface area contributed by atoms with Crippen LogP contribution in [0.2, 0.25) is 0 Å². The molecular weight excluding hydrogens is 324 g/mol. The summed E-state index contributed by atoms with van der Waals surface area (Å²) in [7, 11) is 0. The number of aromatic nitrogens is 1. The van der Waals surface area contributed by atoms with Gasteiger partial charge in [0.15, 0.2) is 12.2 Å². The number of allylic oxidation sites excluding steroid dienone is 4. The second-order valence-electron chi connectivity index (χ2n) is 6.15. The highest BCUT2D eigenvalue weighted by atomic mass is 32.1. The van der Waals surface area contributed by atoms with Gasteiger partial charge in [0, 0.05) is 25.6 Å². The lowest BCUT2D eigenvalue weighted by atomic mass is 9.76. The van der Waals surface area contributed by atoms with E-state index in [2.05, 4.69) is 12.2 Å². The molecule has 0 radical (unpaired) electrons. The molecule has 0 spiro atoms. The number of rotatable bonds is 8. The van der Waals surface area contributed by atoms with Crippen LogP contribution in [-0.2, 0) is 6.54 Å². The summed E-state index contributed by atoms with van der Waals surface area (Å²) < 4.78 is 2.02. The third kappa shape index (κ3) is 4.33. The highest BCUT2D eigenvalue weighted by molar-refractivity contribution is 7.10. The monoisotopic (exact) mass is 351 g/mol. The van der Waals surface area contributed by atoms with Crippen LogP contribution in [-0.4, -0.2) is 35.1 Å². The van der Waals surface area contributed by atoms with Crippen molar-refractivity contribution in [1.82, 2.24) is 0 Å². The largest absolute Gasteiger partial charge is 0.396 e. The predicted molar refractivity (Wildman–Crippen MR) is 96.2 cm³/mol. The van der Waals surface area contributed by atoms with E-state index in [9.17, 15) is 10.2 Å². The maximum atomic E-state index is 9.48. The number of hydrogen-bond donors (Lipinski definition) is 4. The molecule has 5 nitrogen and oxygen atoms in total. The van der Waals surface area contributed by atoms with Crippen molar-refractivity contribution >= 4 is 17.0 Å². The molecule has 0 fully saturated rings. The minimum Gasteiger partial charge on any atom is -0.396 e. The quantitative estimate of drug-likeness (QED) is 0.531. The molecule has 24 heavy (non-hydrogen) atoms. The van der Waals surface area contributed by atoms with E-state index in [0.717, 1.165) is 22.7 Å². The lowest BCUT2D eigenvalue weighted by Gasteiger charge is -2.29. The molecular formula is C18H27N2O3S+. The van der Waals surface area contributed by atoms with E-state index < -0.39 is 0 Å². The second-order valence-corrected chi connectivity index (χ2v) is 7.01. The SMILES string of the molecule is Cc1csc(C(N)=CC2(CCO)C=CC(CCO)=CC2)[n+]1CCO. The summed E-state index contributed by atoms with van der Waals surface area (Å²) in [5.74, 6) is 0. The Hall–Kier alpha value is -1.47. The van der Waals surface area contributed by atoms with Gasteiger partial charge in [-0.2, -0.15) is 4.57 Å². The minimum absolute atomic E-state index is 0.0669. The lowest BCUT2D eigenvalue weighted by molar-refractivity contribution is -0.701. The first-order chi connectivity index (χ1) is 11.5. The van der Waals surface area contributed by atoms with Crippen molar-refractivity contribution in [1.29, 1.82) is 0 Å². The minimum atomic E-state index is -0.313. The van der Waals surface area contributed by atoms with Crippen molar-refractivity contribution in [2.75, 3.05) is 19.8 Å². The molecule has 0 saturated carbocycles. The van der Waals surface area contributed by atoms with Gasteiger partial charge in [0.05, 0.1) is 5.38 Å². The lowest BCUT2D eigenvalue weighted by Crippen LogP contribution is -2.40. The van der Waals surface area contributed by atoms with Gasteiger partial charge in [0.1, 0.15) is 12.3 Å². The van der Waals surface area contributed by atoms with Gasteiger partial charge in [0.2, 0.25) is 0 Å². The molecule has 1 atom stereocenters. The van der Waals surface area contributed by atoms with Crippen LogP contribution in [0.25, 0.3) is 5.70 Å². The van der Waals surface area contributed by atoms with Gasteiger partial charge >= 0.3 is 0 Å². The third-order valence-electron chi connectivity index (χ3n) is 4.38. The van der Waals surface area contributed by atoms with E-state index in [-0.39, 0.29) is 25.2 Å². The fourth-order valence-corrected chi connectivity index (χ4v) is 3.99. The van der Waals surface area contributed by atoms with E-state index in [1.807, 2.05) is 29.0 Å². The van der Waals surface area contributed by atoms with Gasteiger partial charge in [-0.3, -0.25) is 0 Å². The van der Waals surface area contributed by atoms with E-state index in [1.165, 1.54) is 0 Å².